The van der Waals surface area contributed by atoms with Crippen molar-refractivity contribution in [2.75, 3.05) is 0 Å². The topological polar surface area (TPSA) is 24.7 Å². The lowest BCUT2D eigenvalue weighted by Gasteiger charge is -2.16. The third-order valence-corrected chi connectivity index (χ3v) is 4.97. The summed E-state index contributed by atoms with van der Waals surface area (Å²) in [6, 6.07) is 0. The third-order valence-electron chi connectivity index (χ3n) is 4.97. The number of unbranched alkanes of at least 4 members (excludes halogenated alkanes) is 9. The van der Waals surface area contributed by atoms with Gasteiger partial charge in [-0.3, -0.25) is 0 Å². The van der Waals surface area contributed by atoms with Crippen molar-refractivity contribution >= 4 is 12.4 Å². The van der Waals surface area contributed by atoms with Crippen molar-refractivity contribution < 1.29 is 0 Å². The van der Waals surface area contributed by atoms with E-state index in [-0.39, 0.29) is 0 Å². The predicted molar refractivity (Wildman–Crippen MR) is 104 cm³/mol. The van der Waals surface area contributed by atoms with Crippen LogP contribution in [0, 0.1) is 12.1 Å². The monoisotopic (exact) mass is 319 g/mol. The van der Waals surface area contributed by atoms with Gasteiger partial charge in [-0.1, -0.05) is 107 Å². The van der Waals surface area contributed by atoms with Crippen LogP contribution in [0.1, 0.15) is 110 Å². The summed E-state index contributed by atoms with van der Waals surface area (Å²) in [7, 11) is 0. The molecule has 1 heterocycles. The summed E-state index contributed by atoms with van der Waals surface area (Å²) in [5, 5.41) is 0. The maximum Gasteiger partial charge on any atom is 0.240 e. The minimum Gasteiger partial charge on any atom is -0.0968 e. The Morgan fingerprint density at radius 3 is 1.65 bits per heavy atom. The summed E-state index contributed by atoms with van der Waals surface area (Å²) in [6.07, 6.45) is 25.4. The first-order valence-corrected chi connectivity index (χ1v) is 10.3. The average molecular weight is 320 g/mol. The van der Waals surface area contributed by atoms with Crippen LogP contribution in [0.4, 0.5) is 0 Å². The van der Waals surface area contributed by atoms with Crippen molar-refractivity contribution in [1.82, 2.24) is 0 Å². The van der Waals surface area contributed by atoms with Crippen molar-refractivity contribution in [2.45, 2.75) is 110 Å². The van der Waals surface area contributed by atoms with E-state index in [0.717, 1.165) is 18.5 Å². The third kappa shape index (κ3) is 11.4. The minimum atomic E-state index is 0.890. The second-order valence-corrected chi connectivity index (χ2v) is 7.14. The Hall–Kier alpha value is -0.790. The van der Waals surface area contributed by atoms with E-state index in [0.29, 0.717) is 0 Å². The van der Waals surface area contributed by atoms with Gasteiger partial charge >= 0.3 is 0 Å². The second-order valence-electron chi connectivity index (χ2n) is 7.14. The molecule has 1 aliphatic rings. The van der Waals surface area contributed by atoms with Gasteiger partial charge in [-0.25, -0.2) is 0 Å². The zero-order valence-corrected chi connectivity index (χ0v) is 15.7. The highest BCUT2D eigenvalue weighted by atomic mass is 15.0. The van der Waals surface area contributed by atoms with Crippen molar-refractivity contribution in [2.24, 2.45) is 15.9 Å². The Balaban J connectivity index is 2.14. The number of hydrogen-bond acceptors (Lipinski definition) is 2. The van der Waals surface area contributed by atoms with Gasteiger partial charge in [0.1, 0.15) is 0 Å². The fraction of sp³-hybridized carbons (Fsp3) is 0.857. The SMILES string of the molecule is CCCCCCCCC(CCCCCCC)CC[C+]1N=CC=N1. The Labute approximate surface area is 145 Å². The lowest BCUT2D eigenvalue weighted by Crippen LogP contribution is -2.03. The highest BCUT2D eigenvalue weighted by molar-refractivity contribution is 6.18. The standard InChI is InChI=1S/C21H39N2/c1-3-5-7-9-11-13-15-20(14-12-10-8-6-4-2)16-17-21-22-18-19-23-21/h18-20H,3-17H2,1-2H3/q+1. The molecule has 1 unspecified atom stereocenters. The number of hydrogen-bond donors (Lipinski definition) is 0. The number of rotatable bonds is 16. The number of nitrogens with zero attached hydrogens (tertiary/aromatic N) is 2. The van der Waals surface area contributed by atoms with E-state index < -0.39 is 0 Å². The van der Waals surface area contributed by atoms with Crippen LogP contribution in [-0.2, 0) is 0 Å². The highest BCUT2D eigenvalue weighted by Gasteiger charge is 2.18. The molecule has 0 aromatic heterocycles. The van der Waals surface area contributed by atoms with Crippen molar-refractivity contribution in [3.63, 3.8) is 0 Å². The van der Waals surface area contributed by atoms with Gasteiger partial charge in [0.05, 0.1) is 6.42 Å². The molecular formula is C21H39N2+. The molecule has 23 heavy (non-hydrogen) atoms. The molecule has 0 saturated carbocycles. The summed E-state index contributed by atoms with van der Waals surface area (Å²) in [5.41, 5.74) is 0. The minimum absolute atomic E-state index is 0.890. The molecule has 0 bridgehead atoms. The first-order valence-electron chi connectivity index (χ1n) is 10.3. The first-order chi connectivity index (χ1) is 11.4. The molecule has 1 atom stereocenters. The maximum absolute atomic E-state index is 4.33. The molecule has 0 amide bonds. The van der Waals surface area contributed by atoms with Crippen molar-refractivity contribution in [3.05, 3.63) is 6.17 Å². The van der Waals surface area contributed by atoms with E-state index >= 15 is 0 Å². The first kappa shape index (κ1) is 20.3. The average Bonchev–Trinajstić information content (AvgIpc) is 3.08. The molecule has 1 rings (SSSR count). The van der Waals surface area contributed by atoms with Crippen molar-refractivity contribution in [1.29, 1.82) is 0 Å². The van der Waals surface area contributed by atoms with E-state index in [2.05, 4.69) is 23.8 Å². The smallest absolute Gasteiger partial charge is 0.0968 e. The Morgan fingerprint density at radius 1 is 0.652 bits per heavy atom. The molecule has 0 aromatic carbocycles. The van der Waals surface area contributed by atoms with Crippen LogP contribution < -0.4 is 0 Å². The van der Waals surface area contributed by atoms with Crippen LogP contribution >= 0.6 is 0 Å². The van der Waals surface area contributed by atoms with Gasteiger partial charge < -0.3 is 0 Å². The Morgan fingerprint density at radius 2 is 1.13 bits per heavy atom. The fourth-order valence-electron chi connectivity index (χ4n) is 3.42. The van der Waals surface area contributed by atoms with E-state index in [1.165, 1.54) is 89.9 Å². The van der Waals surface area contributed by atoms with Crippen LogP contribution in [0.25, 0.3) is 0 Å². The van der Waals surface area contributed by atoms with Crippen LogP contribution in [0.15, 0.2) is 9.98 Å². The zero-order valence-electron chi connectivity index (χ0n) is 15.7. The lowest BCUT2D eigenvalue weighted by atomic mass is 9.90. The summed E-state index contributed by atoms with van der Waals surface area (Å²) >= 11 is 0. The van der Waals surface area contributed by atoms with Gasteiger partial charge in [0.25, 0.3) is 0 Å². The van der Waals surface area contributed by atoms with E-state index in [1.54, 1.807) is 0 Å². The molecule has 2 nitrogen and oxygen atoms in total. The normalized spacial score (nSPS) is 14.8. The van der Waals surface area contributed by atoms with Crippen LogP contribution in [0.5, 0.6) is 0 Å². The lowest BCUT2D eigenvalue weighted by molar-refractivity contribution is 0.374. The van der Waals surface area contributed by atoms with Gasteiger partial charge in [0.2, 0.25) is 6.17 Å². The molecule has 0 radical (unpaired) electrons. The molecule has 1 aliphatic heterocycles. The van der Waals surface area contributed by atoms with Gasteiger partial charge in [0, 0.05) is 0 Å². The van der Waals surface area contributed by atoms with Gasteiger partial charge in [-0.15, -0.1) is 0 Å². The van der Waals surface area contributed by atoms with Crippen LogP contribution in [0.3, 0.4) is 0 Å². The van der Waals surface area contributed by atoms with E-state index in [9.17, 15) is 0 Å². The van der Waals surface area contributed by atoms with E-state index in [4.69, 9.17) is 0 Å². The molecule has 2 heteroatoms. The van der Waals surface area contributed by atoms with Crippen LogP contribution in [-0.4, -0.2) is 12.4 Å². The molecule has 0 fully saturated rings. The summed E-state index contributed by atoms with van der Waals surface area (Å²) in [5.74, 6) is 0.890. The molecular weight excluding hydrogens is 280 g/mol. The largest absolute Gasteiger partial charge is 0.240 e. The zero-order chi connectivity index (χ0) is 16.6. The summed E-state index contributed by atoms with van der Waals surface area (Å²) in [6.45, 7) is 4.58. The Kier molecular flexibility index (Phi) is 13.0. The summed E-state index contributed by atoms with van der Waals surface area (Å²) < 4.78 is 0. The molecule has 0 aliphatic carbocycles. The van der Waals surface area contributed by atoms with Crippen molar-refractivity contribution in [3.8, 4) is 0 Å². The second kappa shape index (κ2) is 14.8. The predicted octanol–water partition coefficient (Wildman–Crippen LogP) is 7.14. The maximum atomic E-state index is 4.33. The quantitative estimate of drug-likeness (QED) is 0.213. The number of aliphatic imine (C=N–C) groups is 2. The van der Waals surface area contributed by atoms with Crippen LogP contribution in [0.2, 0.25) is 0 Å². The Bertz CT molecular complexity index is 297. The van der Waals surface area contributed by atoms with Gasteiger partial charge in [0.15, 0.2) is 12.4 Å². The molecule has 0 N–H and O–H groups in total. The van der Waals surface area contributed by atoms with Gasteiger partial charge in [-0.2, -0.15) is 0 Å². The highest BCUT2D eigenvalue weighted by Crippen LogP contribution is 2.26. The molecule has 0 saturated heterocycles. The molecule has 0 aromatic rings. The summed E-state index contributed by atoms with van der Waals surface area (Å²) in [4.78, 5) is 8.66. The molecule has 0 spiro atoms. The van der Waals surface area contributed by atoms with E-state index in [1.807, 2.05) is 12.4 Å². The molecule has 132 valence electrons. The fourth-order valence-corrected chi connectivity index (χ4v) is 3.42. The van der Waals surface area contributed by atoms with Gasteiger partial charge in [-0.05, 0) is 12.3 Å².